The first-order chi connectivity index (χ1) is 14.3. The van der Waals surface area contributed by atoms with Crippen LogP contribution in [0.5, 0.6) is 0 Å². The highest BCUT2D eigenvalue weighted by molar-refractivity contribution is 6.00. The number of ether oxygens (including phenoxy) is 1. The molecule has 3 rings (SSSR count). The van der Waals surface area contributed by atoms with Crippen LogP contribution >= 0.6 is 0 Å². The molecule has 0 atom stereocenters. The van der Waals surface area contributed by atoms with Crippen LogP contribution in [0.15, 0.2) is 47.4 Å². The van der Waals surface area contributed by atoms with E-state index in [9.17, 15) is 19.2 Å². The van der Waals surface area contributed by atoms with Crippen LogP contribution in [0.4, 0.5) is 5.69 Å². The molecule has 0 aliphatic rings. The molecule has 2 aromatic heterocycles. The van der Waals surface area contributed by atoms with Gasteiger partial charge in [-0.2, -0.15) is 0 Å². The number of benzene rings is 1. The van der Waals surface area contributed by atoms with Gasteiger partial charge < -0.3 is 14.6 Å². The number of amides is 1. The number of ketones is 1. The van der Waals surface area contributed by atoms with Crippen molar-refractivity contribution in [2.45, 2.75) is 27.3 Å². The molecule has 0 aliphatic carbocycles. The number of carbonyl (C=O) groups is 3. The lowest BCUT2D eigenvalue weighted by Crippen LogP contribution is -2.23. The van der Waals surface area contributed by atoms with Crippen LogP contribution < -0.4 is 10.7 Å². The van der Waals surface area contributed by atoms with E-state index in [2.05, 4.69) is 10.3 Å². The van der Waals surface area contributed by atoms with E-state index in [1.54, 1.807) is 28.8 Å². The fraction of sp³-hybridized carbons (Fsp3) is 0.227. The second-order valence-electron chi connectivity index (χ2n) is 6.74. The van der Waals surface area contributed by atoms with Gasteiger partial charge in [-0.3, -0.25) is 14.4 Å². The van der Waals surface area contributed by atoms with E-state index in [1.165, 1.54) is 25.3 Å². The molecule has 0 saturated heterocycles. The number of aromatic nitrogens is 2. The molecule has 0 fully saturated rings. The van der Waals surface area contributed by atoms with Gasteiger partial charge in [0.15, 0.2) is 12.4 Å². The molecule has 0 spiro atoms. The van der Waals surface area contributed by atoms with Gasteiger partial charge in [-0.15, -0.1) is 0 Å². The van der Waals surface area contributed by atoms with Gasteiger partial charge >= 0.3 is 5.97 Å². The third-order valence-corrected chi connectivity index (χ3v) is 4.48. The molecule has 1 amide bonds. The third kappa shape index (κ3) is 4.43. The summed E-state index contributed by atoms with van der Waals surface area (Å²) in [6, 6.07) is 9.53. The van der Waals surface area contributed by atoms with Crippen molar-refractivity contribution in [1.29, 1.82) is 0 Å². The highest BCUT2D eigenvalue weighted by atomic mass is 16.5. The number of fused-ring (bicyclic) bond motifs is 1. The van der Waals surface area contributed by atoms with Gasteiger partial charge in [0.1, 0.15) is 11.2 Å². The number of nitrogens with one attached hydrogen (secondary N) is 1. The smallest absolute Gasteiger partial charge is 0.344 e. The number of rotatable bonds is 6. The SMILES string of the molecule is CCn1cc(C(=O)OCC(=O)c2ccc(NC(C)=O)cc2)c(=O)c2ccc(C)nc21. The quantitative estimate of drug-likeness (QED) is 0.497. The second kappa shape index (κ2) is 8.69. The summed E-state index contributed by atoms with van der Waals surface area (Å²) in [5.41, 5.74) is 1.49. The van der Waals surface area contributed by atoms with Gasteiger partial charge in [-0.25, -0.2) is 9.78 Å². The summed E-state index contributed by atoms with van der Waals surface area (Å²) in [5.74, 6) is -1.51. The Balaban J connectivity index is 1.77. The molecule has 8 heteroatoms. The molecule has 1 aromatic carbocycles. The van der Waals surface area contributed by atoms with Crippen molar-refractivity contribution in [2.24, 2.45) is 0 Å². The van der Waals surface area contributed by atoms with Crippen LogP contribution in [0.3, 0.4) is 0 Å². The maximum Gasteiger partial charge on any atom is 0.344 e. The Kier molecular flexibility index (Phi) is 6.06. The summed E-state index contributed by atoms with van der Waals surface area (Å²) < 4.78 is 6.80. The monoisotopic (exact) mass is 407 g/mol. The van der Waals surface area contributed by atoms with E-state index in [-0.39, 0.29) is 11.5 Å². The first kappa shape index (κ1) is 20.9. The number of hydrogen-bond acceptors (Lipinski definition) is 6. The van der Waals surface area contributed by atoms with E-state index in [0.717, 1.165) is 5.69 Å². The molecule has 0 radical (unpaired) electrons. The average Bonchev–Trinajstić information content (AvgIpc) is 2.72. The van der Waals surface area contributed by atoms with Crippen molar-refractivity contribution >= 4 is 34.4 Å². The number of pyridine rings is 2. The Bertz CT molecular complexity index is 1200. The van der Waals surface area contributed by atoms with Gasteiger partial charge in [-0.1, -0.05) is 0 Å². The first-order valence-corrected chi connectivity index (χ1v) is 9.39. The zero-order valence-electron chi connectivity index (χ0n) is 16.9. The molecule has 3 aromatic rings. The van der Waals surface area contributed by atoms with Crippen molar-refractivity contribution in [3.63, 3.8) is 0 Å². The normalized spacial score (nSPS) is 10.6. The van der Waals surface area contributed by atoms with Crippen molar-refractivity contribution in [3.05, 3.63) is 69.6 Å². The summed E-state index contributed by atoms with van der Waals surface area (Å²) in [4.78, 5) is 53.0. The number of carbonyl (C=O) groups excluding carboxylic acids is 3. The highest BCUT2D eigenvalue weighted by Crippen LogP contribution is 2.13. The van der Waals surface area contributed by atoms with Gasteiger partial charge in [0, 0.05) is 36.6 Å². The highest BCUT2D eigenvalue weighted by Gasteiger charge is 2.19. The van der Waals surface area contributed by atoms with Crippen molar-refractivity contribution in [1.82, 2.24) is 9.55 Å². The Morgan fingerprint density at radius 3 is 2.43 bits per heavy atom. The lowest BCUT2D eigenvalue weighted by molar-refractivity contribution is -0.114. The summed E-state index contributed by atoms with van der Waals surface area (Å²) >= 11 is 0. The Labute approximate surface area is 172 Å². The van der Waals surface area contributed by atoms with Crippen LogP contribution in [0.25, 0.3) is 11.0 Å². The summed E-state index contributed by atoms with van der Waals surface area (Å²) in [6.07, 6.45) is 1.41. The molecule has 30 heavy (non-hydrogen) atoms. The van der Waals surface area contributed by atoms with Crippen LogP contribution in [0, 0.1) is 6.92 Å². The van der Waals surface area contributed by atoms with E-state index < -0.39 is 23.8 Å². The maximum absolute atomic E-state index is 12.7. The molecule has 8 nitrogen and oxygen atoms in total. The fourth-order valence-corrected chi connectivity index (χ4v) is 2.98. The third-order valence-electron chi connectivity index (χ3n) is 4.48. The molecule has 154 valence electrons. The van der Waals surface area contributed by atoms with E-state index in [4.69, 9.17) is 4.74 Å². The van der Waals surface area contributed by atoms with Gasteiger partial charge in [0.2, 0.25) is 11.3 Å². The molecule has 1 N–H and O–H groups in total. The van der Waals surface area contributed by atoms with Crippen LogP contribution in [0.2, 0.25) is 0 Å². The van der Waals surface area contributed by atoms with Crippen LogP contribution in [-0.2, 0) is 16.1 Å². The zero-order valence-corrected chi connectivity index (χ0v) is 16.9. The Hall–Kier alpha value is -3.81. The van der Waals surface area contributed by atoms with Crippen LogP contribution in [-0.4, -0.2) is 33.8 Å². The molecule has 0 bridgehead atoms. The molecular weight excluding hydrogens is 386 g/mol. The van der Waals surface area contributed by atoms with Crippen molar-refractivity contribution in [2.75, 3.05) is 11.9 Å². The van der Waals surface area contributed by atoms with E-state index >= 15 is 0 Å². The number of nitrogens with zero attached hydrogens (tertiary/aromatic N) is 2. The van der Waals surface area contributed by atoms with E-state index in [0.29, 0.717) is 28.8 Å². The van der Waals surface area contributed by atoms with Gasteiger partial charge in [0.05, 0.1) is 5.39 Å². The zero-order chi connectivity index (χ0) is 21.8. The number of aryl methyl sites for hydroxylation is 2. The molecule has 0 aliphatic heterocycles. The Morgan fingerprint density at radius 1 is 1.10 bits per heavy atom. The minimum atomic E-state index is -0.868. The fourth-order valence-electron chi connectivity index (χ4n) is 2.98. The lowest BCUT2D eigenvalue weighted by Gasteiger charge is -2.11. The van der Waals surface area contributed by atoms with Crippen molar-refractivity contribution in [3.8, 4) is 0 Å². The summed E-state index contributed by atoms with van der Waals surface area (Å²) in [7, 11) is 0. The largest absolute Gasteiger partial charge is 0.454 e. The molecule has 0 unspecified atom stereocenters. The standard InChI is InChI=1S/C22H21N3O5/c1-4-25-11-18(20(28)17-10-5-13(2)23-21(17)25)22(29)30-12-19(27)15-6-8-16(9-7-15)24-14(3)26/h5-11H,4,12H2,1-3H3,(H,24,26). The minimum Gasteiger partial charge on any atom is -0.454 e. The average molecular weight is 407 g/mol. The number of Topliss-reactive ketones (excluding diaryl/α,β-unsaturated/α-hetero) is 1. The topological polar surface area (TPSA) is 107 Å². The molecule has 0 saturated carbocycles. The predicted molar refractivity (Wildman–Crippen MR) is 112 cm³/mol. The van der Waals surface area contributed by atoms with E-state index in [1.807, 2.05) is 13.8 Å². The summed E-state index contributed by atoms with van der Waals surface area (Å²) in [6.45, 7) is 5.08. The number of hydrogen-bond donors (Lipinski definition) is 1. The second-order valence-corrected chi connectivity index (χ2v) is 6.74. The minimum absolute atomic E-state index is 0.149. The van der Waals surface area contributed by atoms with Gasteiger partial charge in [-0.05, 0) is 50.2 Å². The summed E-state index contributed by atoms with van der Waals surface area (Å²) in [5, 5.41) is 2.92. The van der Waals surface area contributed by atoms with Crippen molar-refractivity contribution < 1.29 is 19.1 Å². The van der Waals surface area contributed by atoms with Gasteiger partial charge in [0.25, 0.3) is 0 Å². The molecular formula is C22H21N3O5. The number of anilines is 1. The Morgan fingerprint density at radius 2 is 1.80 bits per heavy atom. The maximum atomic E-state index is 12.7. The van der Waals surface area contributed by atoms with Crippen LogP contribution in [0.1, 0.15) is 40.3 Å². The lowest BCUT2D eigenvalue weighted by atomic mass is 10.1. The predicted octanol–water partition coefficient (Wildman–Crippen LogP) is 2.72. The molecule has 2 heterocycles. The first-order valence-electron chi connectivity index (χ1n) is 9.39. The number of esters is 1.